The zero-order valence-electron chi connectivity index (χ0n) is 33.6. The Morgan fingerprint density at radius 1 is 0.381 bits per heavy atom. The van der Waals surface area contributed by atoms with Gasteiger partial charge in [0, 0.05) is 54.9 Å². The van der Waals surface area contributed by atoms with E-state index in [1.807, 2.05) is 91.0 Å². The molecular weight excluding hydrogens is 775 g/mol. The van der Waals surface area contributed by atoms with E-state index < -0.39 is 0 Å². The van der Waals surface area contributed by atoms with E-state index in [0.717, 1.165) is 93.7 Å². The summed E-state index contributed by atoms with van der Waals surface area (Å²) in [5, 5.41) is 6.21. The molecule has 4 heterocycles. The molecule has 0 unspecified atom stereocenters. The normalized spacial score (nSPS) is 11.8. The largest absolute Gasteiger partial charge is 0.456 e. The summed E-state index contributed by atoms with van der Waals surface area (Å²) in [5.74, 6) is 2.23. The minimum atomic E-state index is 0.529. The van der Waals surface area contributed by atoms with Gasteiger partial charge in [0.2, 0.25) is 5.89 Å². The molecule has 0 aliphatic carbocycles. The van der Waals surface area contributed by atoms with Crippen LogP contribution in [-0.2, 0) is 0 Å². The van der Waals surface area contributed by atoms with Gasteiger partial charge in [-0.1, -0.05) is 140 Å². The van der Waals surface area contributed by atoms with Gasteiger partial charge in [-0.25, -0.2) is 19.9 Å². The predicted molar refractivity (Wildman–Crippen MR) is 254 cm³/mol. The molecule has 0 N–H and O–H groups in total. The molecule has 7 nitrogen and oxygen atoms in total. The number of hydrogen-bond donors (Lipinski definition) is 0. The molecule has 294 valence electrons. The lowest BCUT2D eigenvalue weighted by molar-refractivity contribution is 0.623. The molecule has 0 amide bonds. The van der Waals surface area contributed by atoms with Crippen molar-refractivity contribution in [2.24, 2.45) is 0 Å². The predicted octanol–water partition coefficient (Wildman–Crippen LogP) is 14.5. The highest BCUT2D eigenvalue weighted by Gasteiger charge is 2.25. The number of rotatable bonds is 6. The minimum Gasteiger partial charge on any atom is -0.456 e. The number of para-hydroxylation sites is 3. The number of fused-ring (bicyclic) bond motifs is 9. The van der Waals surface area contributed by atoms with Gasteiger partial charge in [0.1, 0.15) is 16.7 Å². The molecule has 0 saturated carbocycles. The third-order valence-electron chi connectivity index (χ3n) is 12.1. The van der Waals surface area contributed by atoms with Crippen LogP contribution in [0.4, 0.5) is 0 Å². The first kappa shape index (κ1) is 35.1. The summed E-state index contributed by atoms with van der Waals surface area (Å²) in [7, 11) is 0. The van der Waals surface area contributed by atoms with Crippen LogP contribution in [0.3, 0.4) is 0 Å². The van der Waals surface area contributed by atoms with Crippen LogP contribution >= 0.6 is 0 Å². The van der Waals surface area contributed by atoms with E-state index in [1.165, 1.54) is 5.39 Å². The van der Waals surface area contributed by atoms with Gasteiger partial charge in [-0.05, 0) is 77.2 Å². The van der Waals surface area contributed by atoms with E-state index in [-0.39, 0.29) is 0 Å². The van der Waals surface area contributed by atoms with Gasteiger partial charge in [0.15, 0.2) is 23.1 Å². The summed E-state index contributed by atoms with van der Waals surface area (Å²) in [4.78, 5) is 21.0. The standard InChI is InChI=1S/C56H33N5O2/c1-4-15-35(16-5-1)53-58-54(37-27-29-40-39-22-10-12-25-45(39)61(46(40)33-37)38-20-8-3-9-21-38)60-55(59-53)51-42(30-32-48-50(51)43-23-11-13-26-47(43)62-48)41-24-14-19-34-28-31-44-52(49(34)41)63-56(57-44)36-17-6-2-7-18-36/h1-33H. The maximum Gasteiger partial charge on any atom is 0.227 e. The first-order valence-corrected chi connectivity index (χ1v) is 21.0. The summed E-state index contributed by atoms with van der Waals surface area (Å²) in [5.41, 5.74) is 11.7. The lowest BCUT2D eigenvalue weighted by Crippen LogP contribution is -2.02. The number of aromatic nitrogens is 5. The lowest BCUT2D eigenvalue weighted by Gasteiger charge is -2.15. The Labute approximate surface area is 360 Å². The fourth-order valence-electron chi connectivity index (χ4n) is 9.26. The highest BCUT2D eigenvalue weighted by atomic mass is 16.3. The second-order valence-electron chi connectivity index (χ2n) is 15.8. The van der Waals surface area contributed by atoms with Crippen molar-refractivity contribution in [3.63, 3.8) is 0 Å². The molecule has 0 bridgehead atoms. The Morgan fingerprint density at radius 2 is 1.06 bits per heavy atom. The van der Waals surface area contributed by atoms with Crippen molar-refractivity contribution in [3.05, 3.63) is 200 Å². The van der Waals surface area contributed by atoms with Gasteiger partial charge in [-0.15, -0.1) is 0 Å². The molecule has 0 aliphatic heterocycles. The van der Waals surface area contributed by atoms with Crippen LogP contribution in [0.2, 0.25) is 0 Å². The van der Waals surface area contributed by atoms with Crippen molar-refractivity contribution >= 4 is 65.6 Å². The summed E-state index contributed by atoms with van der Waals surface area (Å²) >= 11 is 0. The summed E-state index contributed by atoms with van der Waals surface area (Å²) in [6, 6.07) is 68.6. The van der Waals surface area contributed by atoms with Crippen LogP contribution in [0, 0.1) is 0 Å². The molecule has 0 aliphatic rings. The Morgan fingerprint density at radius 3 is 1.89 bits per heavy atom. The van der Waals surface area contributed by atoms with Crippen LogP contribution in [0.15, 0.2) is 209 Å². The Bertz CT molecular complexity index is 3910. The fraction of sp³-hybridized carbons (Fsp3) is 0. The molecule has 63 heavy (non-hydrogen) atoms. The second kappa shape index (κ2) is 13.9. The summed E-state index contributed by atoms with van der Waals surface area (Å²) < 4.78 is 15.6. The van der Waals surface area contributed by atoms with Gasteiger partial charge in [-0.2, -0.15) is 0 Å². The topological polar surface area (TPSA) is 82.8 Å². The molecule has 0 atom stereocenters. The third kappa shape index (κ3) is 5.60. The molecule has 7 heteroatoms. The first-order valence-electron chi connectivity index (χ1n) is 21.0. The highest BCUT2D eigenvalue weighted by molar-refractivity contribution is 6.19. The molecule has 4 aromatic heterocycles. The maximum atomic E-state index is 6.70. The monoisotopic (exact) mass is 807 g/mol. The van der Waals surface area contributed by atoms with Crippen LogP contribution in [0.25, 0.3) is 128 Å². The lowest BCUT2D eigenvalue weighted by atomic mass is 9.91. The molecule has 13 aromatic rings. The van der Waals surface area contributed by atoms with Gasteiger partial charge < -0.3 is 13.4 Å². The number of benzene rings is 9. The van der Waals surface area contributed by atoms with E-state index in [9.17, 15) is 0 Å². The number of oxazole rings is 1. The quantitative estimate of drug-likeness (QED) is 0.166. The van der Waals surface area contributed by atoms with Crippen molar-refractivity contribution in [1.29, 1.82) is 0 Å². The summed E-state index contributed by atoms with van der Waals surface area (Å²) in [6.45, 7) is 0. The number of hydrogen-bond acceptors (Lipinski definition) is 6. The van der Waals surface area contributed by atoms with Crippen molar-refractivity contribution in [1.82, 2.24) is 24.5 Å². The van der Waals surface area contributed by atoms with Crippen molar-refractivity contribution in [2.45, 2.75) is 0 Å². The minimum absolute atomic E-state index is 0.529. The molecular formula is C56H33N5O2. The zero-order chi connectivity index (χ0) is 41.4. The molecule has 0 fully saturated rings. The van der Waals surface area contributed by atoms with Crippen LogP contribution < -0.4 is 0 Å². The van der Waals surface area contributed by atoms with Gasteiger partial charge in [0.05, 0.1) is 11.0 Å². The molecule has 13 rings (SSSR count). The summed E-state index contributed by atoms with van der Waals surface area (Å²) in [6.07, 6.45) is 0. The van der Waals surface area contributed by atoms with E-state index in [2.05, 4.69) is 114 Å². The van der Waals surface area contributed by atoms with Crippen molar-refractivity contribution in [2.75, 3.05) is 0 Å². The third-order valence-corrected chi connectivity index (χ3v) is 12.1. The molecule has 9 aromatic carbocycles. The van der Waals surface area contributed by atoms with Crippen LogP contribution in [0.5, 0.6) is 0 Å². The average molecular weight is 808 g/mol. The second-order valence-corrected chi connectivity index (χ2v) is 15.8. The van der Waals surface area contributed by atoms with Crippen molar-refractivity contribution < 1.29 is 8.83 Å². The number of nitrogens with zero attached hydrogens (tertiary/aromatic N) is 5. The smallest absolute Gasteiger partial charge is 0.227 e. The van der Waals surface area contributed by atoms with Gasteiger partial charge in [0.25, 0.3) is 0 Å². The first-order chi connectivity index (χ1) is 31.2. The van der Waals surface area contributed by atoms with E-state index >= 15 is 0 Å². The molecule has 0 saturated heterocycles. The van der Waals surface area contributed by atoms with E-state index in [4.69, 9.17) is 28.8 Å². The molecule has 0 spiro atoms. The Balaban J connectivity index is 1.11. The maximum absolute atomic E-state index is 6.70. The van der Waals surface area contributed by atoms with E-state index in [0.29, 0.717) is 28.9 Å². The van der Waals surface area contributed by atoms with E-state index in [1.54, 1.807) is 0 Å². The zero-order valence-corrected chi connectivity index (χ0v) is 33.6. The van der Waals surface area contributed by atoms with Crippen molar-refractivity contribution in [3.8, 4) is 62.4 Å². The van der Waals surface area contributed by atoms with Crippen LogP contribution in [-0.4, -0.2) is 24.5 Å². The molecule has 0 radical (unpaired) electrons. The Hall–Kier alpha value is -8.68. The van der Waals surface area contributed by atoms with Gasteiger partial charge >= 0.3 is 0 Å². The fourth-order valence-corrected chi connectivity index (χ4v) is 9.26. The van der Waals surface area contributed by atoms with Gasteiger partial charge in [-0.3, -0.25) is 0 Å². The highest BCUT2D eigenvalue weighted by Crippen LogP contribution is 2.46. The average Bonchev–Trinajstić information content (AvgIpc) is 4.06. The SMILES string of the molecule is c1ccc(-c2nc(-c3ccc4c5ccccc5n(-c5ccccc5)c4c3)nc(-c3c(-c4cccc5ccc6nc(-c7ccccc7)oc6c45)ccc4oc5ccccc5c34)n2)cc1. The number of furan rings is 1. The Kier molecular flexibility index (Phi) is 7.77. The van der Waals surface area contributed by atoms with Crippen LogP contribution in [0.1, 0.15) is 0 Å².